The fourth-order valence-electron chi connectivity index (χ4n) is 2.46. The molecule has 0 aromatic heterocycles. The van der Waals surface area contributed by atoms with Crippen molar-refractivity contribution < 1.29 is 18.5 Å². The van der Waals surface area contributed by atoms with Crippen LogP contribution in [0.25, 0.3) is 0 Å². The van der Waals surface area contributed by atoms with Crippen molar-refractivity contribution in [1.82, 2.24) is 5.32 Å². The Balaban J connectivity index is 2.22. The molecule has 0 heterocycles. The van der Waals surface area contributed by atoms with Crippen LogP contribution in [0.15, 0.2) is 12.1 Å². The lowest BCUT2D eigenvalue weighted by atomic mass is 10.1. The lowest BCUT2D eigenvalue weighted by Gasteiger charge is -2.17. The predicted molar refractivity (Wildman–Crippen MR) is 67.3 cm³/mol. The summed E-state index contributed by atoms with van der Waals surface area (Å²) in [5.74, 6) is -2.78. The van der Waals surface area contributed by atoms with E-state index < -0.39 is 33.7 Å². The highest BCUT2D eigenvalue weighted by Gasteiger charge is 2.27. The molecule has 0 saturated heterocycles. The van der Waals surface area contributed by atoms with Gasteiger partial charge >= 0.3 is 5.69 Å². The van der Waals surface area contributed by atoms with Gasteiger partial charge in [0.25, 0.3) is 5.91 Å². The molecule has 108 valence electrons. The number of carbonyl (C=O) groups is 1. The Labute approximate surface area is 114 Å². The number of nitrogens with one attached hydrogen (secondary N) is 1. The van der Waals surface area contributed by atoms with Crippen LogP contribution < -0.4 is 5.32 Å². The highest BCUT2D eigenvalue weighted by Crippen LogP contribution is 2.26. The molecule has 0 aliphatic heterocycles. The van der Waals surface area contributed by atoms with Gasteiger partial charge in [0.05, 0.1) is 16.6 Å². The molecule has 2 atom stereocenters. The molecule has 0 bridgehead atoms. The van der Waals surface area contributed by atoms with Crippen LogP contribution in [0, 0.1) is 27.7 Å². The first-order valence-corrected chi connectivity index (χ1v) is 6.34. The SMILES string of the molecule is CC1CCCC1NC(=O)c1cc(F)c([N+](=O)[O-])cc1F. The summed E-state index contributed by atoms with van der Waals surface area (Å²) in [5, 5.41) is 13.1. The molecule has 0 radical (unpaired) electrons. The molecule has 1 amide bonds. The molecule has 20 heavy (non-hydrogen) atoms. The zero-order valence-electron chi connectivity index (χ0n) is 10.9. The van der Waals surface area contributed by atoms with Crippen LogP contribution >= 0.6 is 0 Å². The summed E-state index contributed by atoms with van der Waals surface area (Å²) in [6, 6.07) is 0.935. The second-order valence-electron chi connectivity index (χ2n) is 5.03. The molecule has 7 heteroatoms. The van der Waals surface area contributed by atoms with Crippen LogP contribution in [0.3, 0.4) is 0 Å². The van der Waals surface area contributed by atoms with E-state index >= 15 is 0 Å². The van der Waals surface area contributed by atoms with E-state index in [0.717, 1.165) is 19.3 Å². The van der Waals surface area contributed by atoms with Crippen LogP contribution in [0.5, 0.6) is 0 Å². The molecule has 1 saturated carbocycles. The fraction of sp³-hybridized carbons (Fsp3) is 0.462. The van der Waals surface area contributed by atoms with E-state index in [0.29, 0.717) is 12.1 Å². The van der Waals surface area contributed by atoms with Gasteiger partial charge in [-0.15, -0.1) is 0 Å². The third-order valence-corrected chi connectivity index (χ3v) is 3.66. The average Bonchev–Trinajstić information content (AvgIpc) is 2.77. The molecule has 0 spiro atoms. The van der Waals surface area contributed by atoms with E-state index in [1.54, 1.807) is 0 Å². The Bertz CT molecular complexity index is 563. The maximum atomic E-state index is 13.7. The summed E-state index contributed by atoms with van der Waals surface area (Å²) in [6.07, 6.45) is 2.75. The number of amides is 1. The molecule has 1 aliphatic carbocycles. The van der Waals surface area contributed by atoms with Gasteiger partial charge in [0, 0.05) is 6.04 Å². The molecule has 1 aliphatic rings. The molecule has 2 unspecified atom stereocenters. The monoisotopic (exact) mass is 284 g/mol. The number of nitro groups is 1. The van der Waals surface area contributed by atoms with Gasteiger partial charge in [0.2, 0.25) is 5.82 Å². The van der Waals surface area contributed by atoms with Crippen molar-refractivity contribution in [3.05, 3.63) is 39.4 Å². The molecular weight excluding hydrogens is 270 g/mol. The first kappa shape index (κ1) is 14.4. The number of rotatable bonds is 3. The minimum atomic E-state index is -1.22. The standard InChI is InChI=1S/C13H14F2N2O3/c1-7-3-2-4-11(7)16-13(18)8-5-10(15)12(17(19)20)6-9(8)14/h5-7,11H,2-4H2,1H3,(H,16,18). The summed E-state index contributed by atoms with van der Waals surface area (Å²) in [4.78, 5) is 21.4. The number of nitrogens with zero attached hydrogens (tertiary/aromatic N) is 1. The van der Waals surface area contributed by atoms with Crippen molar-refractivity contribution >= 4 is 11.6 Å². The highest BCUT2D eigenvalue weighted by atomic mass is 19.1. The van der Waals surface area contributed by atoms with Gasteiger partial charge in [0.15, 0.2) is 0 Å². The van der Waals surface area contributed by atoms with Gasteiger partial charge < -0.3 is 5.32 Å². The minimum Gasteiger partial charge on any atom is -0.349 e. The zero-order valence-corrected chi connectivity index (χ0v) is 10.9. The van der Waals surface area contributed by atoms with Crippen molar-refractivity contribution in [2.75, 3.05) is 0 Å². The Morgan fingerprint density at radius 3 is 2.60 bits per heavy atom. The van der Waals surface area contributed by atoms with E-state index in [1.165, 1.54) is 0 Å². The number of halogens is 2. The molecule has 5 nitrogen and oxygen atoms in total. The van der Waals surface area contributed by atoms with E-state index in [-0.39, 0.29) is 12.0 Å². The largest absolute Gasteiger partial charge is 0.349 e. The second kappa shape index (κ2) is 5.52. The normalized spacial score (nSPS) is 21.8. The molecular formula is C13H14F2N2O3. The first-order valence-electron chi connectivity index (χ1n) is 6.34. The number of benzene rings is 1. The van der Waals surface area contributed by atoms with Crippen molar-refractivity contribution in [3.63, 3.8) is 0 Å². The maximum absolute atomic E-state index is 13.7. The minimum absolute atomic E-state index is 0.0693. The van der Waals surface area contributed by atoms with Crippen molar-refractivity contribution in [3.8, 4) is 0 Å². The lowest BCUT2D eigenvalue weighted by molar-refractivity contribution is -0.387. The van der Waals surface area contributed by atoms with Crippen molar-refractivity contribution in [1.29, 1.82) is 0 Å². The lowest BCUT2D eigenvalue weighted by Crippen LogP contribution is -2.36. The van der Waals surface area contributed by atoms with Gasteiger partial charge in [0.1, 0.15) is 5.82 Å². The molecule has 1 fully saturated rings. The van der Waals surface area contributed by atoms with E-state index in [9.17, 15) is 23.7 Å². The van der Waals surface area contributed by atoms with Gasteiger partial charge in [-0.25, -0.2) is 4.39 Å². The third kappa shape index (κ3) is 2.76. The molecule has 1 N–H and O–H groups in total. The van der Waals surface area contributed by atoms with Gasteiger partial charge in [-0.05, 0) is 24.8 Å². The van der Waals surface area contributed by atoms with Gasteiger partial charge in [-0.3, -0.25) is 14.9 Å². The van der Waals surface area contributed by atoms with Crippen LogP contribution in [0.4, 0.5) is 14.5 Å². The number of hydrogen-bond acceptors (Lipinski definition) is 3. The average molecular weight is 284 g/mol. The number of hydrogen-bond donors (Lipinski definition) is 1. The number of carbonyl (C=O) groups excluding carboxylic acids is 1. The highest BCUT2D eigenvalue weighted by molar-refractivity contribution is 5.95. The summed E-state index contributed by atoms with van der Waals surface area (Å²) in [5.41, 5.74) is -1.49. The smallest absolute Gasteiger partial charge is 0.307 e. The first-order chi connectivity index (χ1) is 9.40. The summed E-state index contributed by atoms with van der Waals surface area (Å²) < 4.78 is 27.1. The van der Waals surface area contributed by atoms with E-state index in [4.69, 9.17) is 0 Å². The molecule has 2 rings (SSSR count). The van der Waals surface area contributed by atoms with Crippen molar-refractivity contribution in [2.24, 2.45) is 5.92 Å². The van der Waals surface area contributed by atoms with Crippen LogP contribution in [0.2, 0.25) is 0 Å². The van der Waals surface area contributed by atoms with E-state index in [2.05, 4.69) is 5.32 Å². The Kier molecular flexibility index (Phi) is 3.96. The van der Waals surface area contributed by atoms with E-state index in [1.807, 2.05) is 6.92 Å². The second-order valence-corrected chi connectivity index (χ2v) is 5.03. The Hall–Kier alpha value is -2.05. The molecule has 1 aromatic carbocycles. The quantitative estimate of drug-likeness (QED) is 0.685. The summed E-state index contributed by atoms with van der Waals surface area (Å²) in [6.45, 7) is 1.98. The zero-order chi connectivity index (χ0) is 14.9. The number of nitro benzene ring substituents is 1. The topological polar surface area (TPSA) is 72.2 Å². The molecule has 1 aromatic rings. The predicted octanol–water partition coefficient (Wildman–Crippen LogP) is 2.79. The van der Waals surface area contributed by atoms with Crippen LogP contribution in [0.1, 0.15) is 36.5 Å². The third-order valence-electron chi connectivity index (χ3n) is 3.66. The van der Waals surface area contributed by atoms with Crippen LogP contribution in [-0.4, -0.2) is 16.9 Å². The fourth-order valence-corrected chi connectivity index (χ4v) is 2.46. The Morgan fingerprint density at radius 1 is 1.35 bits per heavy atom. The van der Waals surface area contributed by atoms with Gasteiger partial charge in [-0.1, -0.05) is 13.3 Å². The summed E-state index contributed by atoms with van der Waals surface area (Å²) >= 11 is 0. The maximum Gasteiger partial charge on any atom is 0.307 e. The van der Waals surface area contributed by atoms with Crippen LogP contribution in [-0.2, 0) is 0 Å². The summed E-state index contributed by atoms with van der Waals surface area (Å²) in [7, 11) is 0. The van der Waals surface area contributed by atoms with Gasteiger partial charge in [-0.2, -0.15) is 4.39 Å². The Morgan fingerprint density at radius 2 is 2.05 bits per heavy atom. The van der Waals surface area contributed by atoms with Crippen molar-refractivity contribution in [2.45, 2.75) is 32.2 Å².